The van der Waals surface area contributed by atoms with Crippen LogP contribution in [0.2, 0.25) is 0 Å². The Balaban J connectivity index is 1.56. The molecule has 28 heavy (non-hydrogen) atoms. The second-order valence-corrected chi connectivity index (χ2v) is 9.13. The van der Waals surface area contributed by atoms with E-state index in [1.165, 1.54) is 5.56 Å². The second-order valence-electron chi connectivity index (χ2n) is 9.13. The van der Waals surface area contributed by atoms with Crippen LogP contribution in [0.25, 0.3) is 0 Å². The van der Waals surface area contributed by atoms with Crippen LogP contribution in [0.3, 0.4) is 0 Å². The van der Waals surface area contributed by atoms with Gasteiger partial charge in [0, 0.05) is 19.1 Å². The summed E-state index contributed by atoms with van der Waals surface area (Å²) in [7, 11) is 0. The molecule has 0 aliphatic carbocycles. The van der Waals surface area contributed by atoms with Gasteiger partial charge in [-0.1, -0.05) is 30.3 Å². The lowest BCUT2D eigenvalue weighted by Crippen LogP contribution is -2.55. The first-order valence-corrected chi connectivity index (χ1v) is 10.4. The van der Waals surface area contributed by atoms with Crippen LogP contribution in [0.1, 0.15) is 46.1 Å². The van der Waals surface area contributed by atoms with Crippen molar-refractivity contribution in [3.63, 3.8) is 0 Å². The molecular formula is C22H33NO5. The third-order valence-corrected chi connectivity index (χ3v) is 5.90. The zero-order valence-corrected chi connectivity index (χ0v) is 17.3. The first-order chi connectivity index (χ1) is 13.2. The van der Waals surface area contributed by atoms with Gasteiger partial charge >= 0.3 is 0 Å². The average molecular weight is 392 g/mol. The summed E-state index contributed by atoms with van der Waals surface area (Å²) in [5, 5.41) is 10.4. The molecule has 3 aliphatic rings. The van der Waals surface area contributed by atoms with Crippen LogP contribution in [0.4, 0.5) is 0 Å². The fourth-order valence-electron chi connectivity index (χ4n) is 4.66. The van der Waals surface area contributed by atoms with E-state index in [-0.39, 0.29) is 30.5 Å². The summed E-state index contributed by atoms with van der Waals surface area (Å²) in [6.45, 7) is 9.90. The number of likely N-dealkylation sites (tertiary alicyclic amines) is 1. The third-order valence-electron chi connectivity index (χ3n) is 5.90. The van der Waals surface area contributed by atoms with E-state index in [2.05, 4.69) is 29.2 Å². The quantitative estimate of drug-likeness (QED) is 0.852. The molecule has 0 radical (unpaired) electrons. The minimum Gasteiger partial charge on any atom is -0.393 e. The molecule has 1 aromatic rings. The van der Waals surface area contributed by atoms with Crippen LogP contribution < -0.4 is 0 Å². The maximum atomic E-state index is 10.4. The van der Waals surface area contributed by atoms with Crippen LogP contribution in [0.5, 0.6) is 0 Å². The van der Waals surface area contributed by atoms with Gasteiger partial charge in [0.15, 0.2) is 11.6 Å². The molecule has 3 fully saturated rings. The van der Waals surface area contributed by atoms with Gasteiger partial charge in [-0.05, 0) is 46.1 Å². The standard InChI is InChI=1S/C22H33NO5/c1-21(2)25-14-18(26-21)20-19(27-22(3,4)28-20)17-12-16(24)10-11-23(17)13-15-8-6-5-7-9-15/h5-9,16-20,24H,10-14H2,1-4H3/t16-,17+,18-,19-,20-/m1/s1. The van der Waals surface area contributed by atoms with Crippen molar-refractivity contribution < 1.29 is 24.1 Å². The van der Waals surface area contributed by atoms with Crippen molar-refractivity contribution in [2.75, 3.05) is 13.2 Å². The molecule has 0 unspecified atom stereocenters. The van der Waals surface area contributed by atoms with E-state index in [0.717, 1.165) is 19.5 Å². The van der Waals surface area contributed by atoms with Crippen molar-refractivity contribution in [2.45, 2.75) is 89.1 Å². The normalized spacial score (nSPS) is 38.0. The van der Waals surface area contributed by atoms with E-state index in [1.807, 2.05) is 33.8 Å². The molecule has 3 aliphatic heterocycles. The maximum absolute atomic E-state index is 10.4. The Hall–Kier alpha value is -1.02. The van der Waals surface area contributed by atoms with E-state index >= 15 is 0 Å². The van der Waals surface area contributed by atoms with Crippen molar-refractivity contribution >= 4 is 0 Å². The zero-order valence-electron chi connectivity index (χ0n) is 17.3. The summed E-state index contributed by atoms with van der Waals surface area (Å²) in [6, 6.07) is 10.5. The van der Waals surface area contributed by atoms with Crippen LogP contribution in [-0.4, -0.2) is 65.2 Å². The molecule has 1 aromatic carbocycles. The Morgan fingerprint density at radius 1 is 1.00 bits per heavy atom. The lowest BCUT2D eigenvalue weighted by atomic mass is 9.90. The fourth-order valence-corrected chi connectivity index (χ4v) is 4.66. The van der Waals surface area contributed by atoms with Gasteiger partial charge in [-0.3, -0.25) is 4.90 Å². The summed E-state index contributed by atoms with van der Waals surface area (Å²) in [5.74, 6) is -1.30. The molecule has 0 saturated carbocycles. The topological polar surface area (TPSA) is 60.4 Å². The van der Waals surface area contributed by atoms with Gasteiger partial charge in [-0.25, -0.2) is 0 Å². The van der Waals surface area contributed by atoms with E-state index < -0.39 is 11.6 Å². The van der Waals surface area contributed by atoms with Crippen LogP contribution in [0, 0.1) is 0 Å². The number of aliphatic hydroxyl groups is 1. The van der Waals surface area contributed by atoms with E-state index in [4.69, 9.17) is 18.9 Å². The van der Waals surface area contributed by atoms with E-state index in [1.54, 1.807) is 0 Å². The third kappa shape index (κ3) is 4.42. The second kappa shape index (κ2) is 7.67. The maximum Gasteiger partial charge on any atom is 0.163 e. The van der Waals surface area contributed by atoms with Crippen molar-refractivity contribution in [1.82, 2.24) is 4.90 Å². The zero-order chi connectivity index (χ0) is 19.9. The lowest BCUT2D eigenvalue weighted by molar-refractivity contribution is -0.175. The average Bonchev–Trinajstić information content (AvgIpc) is 3.16. The Labute approximate surface area is 167 Å². The number of ether oxygens (including phenoxy) is 4. The minimum atomic E-state index is -0.688. The Morgan fingerprint density at radius 2 is 1.71 bits per heavy atom. The van der Waals surface area contributed by atoms with Gasteiger partial charge in [-0.2, -0.15) is 0 Å². The molecule has 3 saturated heterocycles. The molecular weight excluding hydrogens is 358 g/mol. The Kier molecular flexibility index (Phi) is 5.55. The number of benzene rings is 1. The molecule has 1 N–H and O–H groups in total. The summed E-state index contributed by atoms with van der Waals surface area (Å²) >= 11 is 0. The van der Waals surface area contributed by atoms with E-state index in [0.29, 0.717) is 13.0 Å². The molecule has 0 spiro atoms. The van der Waals surface area contributed by atoms with Crippen LogP contribution >= 0.6 is 0 Å². The summed E-state index contributed by atoms with van der Waals surface area (Å²) in [4.78, 5) is 2.42. The van der Waals surface area contributed by atoms with Gasteiger partial charge in [0.25, 0.3) is 0 Å². The van der Waals surface area contributed by atoms with Crippen molar-refractivity contribution in [3.05, 3.63) is 35.9 Å². The molecule has 0 aromatic heterocycles. The minimum absolute atomic E-state index is 0.0584. The molecule has 6 heteroatoms. The summed E-state index contributed by atoms with van der Waals surface area (Å²) < 4.78 is 24.6. The van der Waals surface area contributed by atoms with Gasteiger partial charge in [0.2, 0.25) is 0 Å². The molecule has 156 valence electrons. The molecule has 3 heterocycles. The molecule has 0 bridgehead atoms. The van der Waals surface area contributed by atoms with Gasteiger partial charge in [0.05, 0.1) is 12.7 Å². The predicted molar refractivity (Wildman–Crippen MR) is 105 cm³/mol. The van der Waals surface area contributed by atoms with E-state index in [9.17, 15) is 5.11 Å². The van der Waals surface area contributed by atoms with Crippen molar-refractivity contribution in [3.8, 4) is 0 Å². The number of piperidine rings is 1. The first kappa shape index (κ1) is 20.3. The SMILES string of the molecule is CC1(C)O[C@H]([C@H]2COC(C)(C)O2)[C@@H]([C@@H]2C[C@H](O)CCN2Cc2ccccc2)O1. The summed E-state index contributed by atoms with van der Waals surface area (Å²) in [5.41, 5.74) is 1.26. The monoisotopic (exact) mass is 391 g/mol. The highest BCUT2D eigenvalue weighted by Gasteiger charge is 2.53. The summed E-state index contributed by atoms with van der Waals surface area (Å²) in [6.07, 6.45) is 0.536. The van der Waals surface area contributed by atoms with Gasteiger partial charge < -0.3 is 24.1 Å². The Bertz CT molecular complexity index is 664. The largest absolute Gasteiger partial charge is 0.393 e. The number of rotatable bonds is 4. The van der Waals surface area contributed by atoms with Gasteiger partial charge in [0.1, 0.15) is 18.3 Å². The number of nitrogens with zero attached hydrogens (tertiary/aromatic N) is 1. The highest BCUT2D eigenvalue weighted by atomic mass is 16.8. The van der Waals surface area contributed by atoms with Gasteiger partial charge in [-0.15, -0.1) is 0 Å². The number of aliphatic hydroxyl groups excluding tert-OH is 1. The highest BCUT2D eigenvalue weighted by molar-refractivity contribution is 5.15. The lowest BCUT2D eigenvalue weighted by Gasteiger charge is -2.42. The van der Waals surface area contributed by atoms with Crippen molar-refractivity contribution in [2.24, 2.45) is 0 Å². The number of hydrogen-bond donors (Lipinski definition) is 1. The fraction of sp³-hybridized carbons (Fsp3) is 0.727. The van der Waals surface area contributed by atoms with Crippen LogP contribution in [0.15, 0.2) is 30.3 Å². The molecule has 0 amide bonds. The Morgan fingerprint density at radius 3 is 2.39 bits per heavy atom. The molecule has 4 rings (SSSR count). The predicted octanol–water partition coefficient (Wildman–Crippen LogP) is 2.68. The molecule has 5 atom stereocenters. The smallest absolute Gasteiger partial charge is 0.163 e. The highest BCUT2D eigenvalue weighted by Crippen LogP contribution is 2.40. The van der Waals surface area contributed by atoms with Crippen LogP contribution in [-0.2, 0) is 25.5 Å². The first-order valence-electron chi connectivity index (χ1n) is 10.4. The molecule has 6 nitrogen and oxygen atoms in total. The van der Waals surface area contributed by atoms with Crippen molar-refractivity contribution in [1.29, 1.82) is 0 Å². The number of hydrogen-bond acceptors (Lipinski definition) is 6.